The molecule has 1 atom stereocenters. The number of carbonyl (C=O) groups is 3. The predicted octanol–water partition coefficient (Wildman–Crippen LogP) is 2.33. The van der Waals surface area contributed by atoms with Crippen LogP contribution in [0.3, 0.4) is 0 Å². The predicted molar refractivity (Wildman–Crippen MR) is 89.6 cm³/mol. The molecule has 0 bridgehead atoms. The minimum atomic E-state index is -1.01. The van der Waals surface area contributed by atoms with Crippen molar-refractivity contribution in [3.63, 3.8) is 0 Å². The van der Waals surface area contributed by atoms with Gasteiger partial charge in [0.1, 0.15) is 12.5 Å². The van der Waals surface area contributed by atoms with Gasteiger partial charge in [0.05, 0.1) is 6.61 Å². The summed E-state index contributed by atoms with van der Waals surface area (Å²) in [6.45, 7) is 1.66. The van der Waals surface area contributed by atoms with Crippen LogP contribution in [0.15, 0.2) is 60.7 Å². The molecule has 5 nitrogen and oxygen atoms in total. The van der Waals surface area contributed by atoms with E-state index in [4.69, 9.17) is 4.74 Å². The molecule has 5 heteroatoms. The summed E-state index contributed by atoms with van der Waals surface area (Å²) in [5.41, 5.74) is 1.02. The van der Waals surface area contributed by atoms with E-state index in [0.29, 0.717) is 11.1 Å². The van der Waals surface area contributed by atoms with Gasteiger partial charge >= 0.3 is 5.97 Å². The first kappa shape index (κ1) is 17.4. The van der Waals surface area contributed by atoms with E-state index in [1.54, 1.807) is 61.5 Å². The first-order valence-corrected chi connectivity index (χ1v) is 7.71. The summed E-state index contributed by atoms with van der Waals surface area (Å²) < 4.78 is 4.78. The van der Waals surface area contributed by atoms with Crippen LogP contribution in [0.4, 0.5) is 0 Å². The van der Waals surface area contributed by atoms with Crippen LogP contribution in [0.25, 0.3) is 0 Å². The highest BCUT2D eigenvalue weighted by Crippen LogP contribution is 2.21. The van der Waals surface area contributed by atoms with Crippen LogP contribution in [-0.4, -0.2) is 30.8 Å². The highest BCUT2D eigenvalue weighted by atomic mass is 16.5. The number of amides is 1. The fourth-order valence-corrected chi connectivity index (χ4v) is 2.31. The lowest BCUT2D eigenvalue weighted by atomic mass is 9.90. The Morgan fingerprint density at radius 3 is 2.12 bits per heavy atom. The Morgan fingerprint density at radius 1 is 0.958 bits per heavy atom. The first-order chi connectivity index (χ1) is 11.6. The largest absolute Gasteiger partial charge is 0.465 e. The highest BCUT2D eigenvalue weighted by Gasteiger charge is 2.29. The van der Waals surface area contributed by atoms with Crippen molar-refractivity contribution >= 4 is 17.7 Å². The normalized spacial score (nSPS) is 11.4. The van der Waals surface area contributed by atoms with E-state index in [9.17, 15) is 14.4 Å². The third kappa shape index (κ3) is 4.52. The lowest BCUT2D eigenvalue weighted by molar-refractivity contribution is -0.143. The average Bonchev–Trinajstić information content (AvgIpc) is 2.62. The second-order valence-corrected chi connectivity index (χ2v) is 5.10. The van der Waals surface area contributed by atoms with Crippen molar-refractivity contribution in [2.45, 2.75) is 12.8 Å². The van der Waals surface area contributed by atoms with Crippen molar-refractivity contribution in [1.82, 2.24) is 5.32 Å². The van der Waals surface area contributed by atoms with Crippen molar-refractivity contribution in [2.75, 3.05) is 13.2 Å². The molecule has 0 saturated heterocycles. The number of hydrogen-bond donors (Lipinski definition) is 1. The molecule has 0 fully saturated rings. The number of rotatable bonds is 7. The van der Waals surface area contributed by atoms with Gasteiger partial charge in [0.25, 0.3) is 0 Å². The Kier molecular flexibility index (Phi) is 6.25. The van der Waals surface area contributed by atoms with Gasteiger partial charge in [0, 0.05) is 5.56 Å². The lowest BCUT2D eigenvalue weighted by Gasteiger charge is -2.16. The minimum absolute atomic E-state index is 0.236. The van der Waals surface area contributed by atoms with Crippen LogP contribution >= 0.6 is 0 Å². The third-order valence-corrected chi connectivity index (χ3v) is 3.43. The van der Waals surface area contributed by atoms with E-state index < -0.39 is 17.8 Å². The molecule has 0 heterocycles. The first-order valence-electron chi connectivity index (χ1n) is 7.71. The van der Waals surface area contributed by atoms with E-state index in [0.717, 1.165) is 0 Å². The zero-order chi connectivity index (χ0) is 17.4. The molecule has 0 saturated carbocycles. The van der Waals surface area contributed by atoms with E-state index in [1.165, 1.54) is 0 Å². The molecular weight excluding hydrogens is 306 g/mol. The molecule has 2 rings (SSSR count). The van der Waals surface area contributed by atoms with Crippen molar-refractivity contribution in [2.24, 2.45) is 0 Å². The number of ketones is 1. The SMILES string of the molecule is CCOC(=O)CNC(=O)C(C(=O)c1ccccc1)c1ccccc1. The van der Waals surface area contributed by atoms with E-state index in [1.807, 2.05) is 6.07 Å². The summed E-state index contributed by atoms with van der Waals surface area (Å²) in [7, 11) is 0. The molecule has 124 valence electrons. The Hall–Kier alpha value is -2.95. The molecule has 0 aliphatic heterocycles. The fourth-order valence-electron chi connectivity index (χ4n) is 2.31. The number of ether oxygens (including phenoxy) is 1. The van der Waals surface area contributed by atoms with Gasteiger partial charge in [-0.05, 0) is 12.5 Å². The molecular formula is C19H19NO4. The molecule has 1 N–H and O–H groups in total. The molecule has 0 aliphatic rings. The van der Waals surface area contributed by atoms with Gasteiger partial charge in [-0.2, -0.15) is 0 Å². The highest BCUT2D eigenvalue weighted by molar-refractivity contribution is 6.14. The number of hydrogen-bond acceptors (Lipinski definition) is 4. The van der Waals surface area contributed by atoms with E-state index in [2.05, 4.69) is 5.32 Å². The molecule has 2 aromatic rings. The molecule has 1 unspecified atom stereocenters. The van der Waals surface area contributed by atoms with Crippen LogP contribution in [0, 0.1) is 0 Å². The monoisotopic (exact) mass is 325 g/mol. The Morgan fingerprint density at radius 2 is 1.54 bits per heavy atom. The summed E-state index contributed by atoms with van der Waals surface area (Å²) in [5.74, 6) is -2.39. The molecule has 0 spiro atoms. The van der Waals surface area contributed by atoms with Gasteiger partial charge in [-0.25, -0.2) is 0 Å². The maximum absolute atomic E-state index is 12.8. The van der Waals surface area contributed by atoms with Gasteiger partial charge in [0.2, 0.25) is 5.91 Å². The molecule has 24 heavy (non-hydrogen) atoms. The summed E-state index contributed by atoms with van der Waals surface area (Å²) in [5, 5.41) is 2.48. The molecule has 2 aromatic carbocycles. The second kappa shape index (κ2) is 8.62. The van der Waals surface area contributed by atoms with Crippen molar-refractivity contribution in [3.8, 4) is 0 Å². The quantitative estimate of drug-likeness (QED) is 0.482. The van der Waals surface area contributed by atoms with Crippen LogP contribution in [-0.2, 0) is 14.3 Å². The minimum Gasteiger partial charge on any atom is -0.465 e. The third-order valence-electron chi connectivity index (χ3n) is 3.43. The zero-order valence-corrected chi connectivity index (χ0v) is 13.4. The molecule has 0 aliphatic carbocycles. The second-order valence-electron chi connectivity index (χ2n) is 5.10. The van der Waals surface area contributed by atoms with E-state index in [-0.39, 0.29) is 18.9 Å². The van der Waals surface area contributed by atoms with Crippen LogP contribution in [0.5, 0.6) is 0 Å². The summed E-state index contributed by atoms with van der Waals surface area (Å²) in [6.07, 6.45) is 0. The number of nitrogens with one attached hydrogen (secondary N) is 1. The van der Waals surface area contributed by atoms with Gasteiger partial charge in [-0.15, -0.1) is 0 Å². The van der Waals surface area contributed by atoms with Crippen molar-refractivity contribution in [1.29, 1.82) is 0 Å². The Bertz CT molecular complexity index is 698. The summed E-state index contributed by atoms with van der Waals surface area (Å²) >= 11 is 0. The van der Waals surface area contributed by atoms with Crippen molar-refractivity contribution in [3.05, 3.63) is 71.8 Å². The van der Waals surface area contributed by atoms with Gasteiger partial charge in [-0.1, -0.05) is 60.7 Å². The van der Waals surface area contributed by atoms with Gasteiger partial charge < -0.3 is 10.1 Å². The maximum atomic E-state index is 12.8. The van der Waals surface area contributed by atoms with E-state index >= 15 is 0 Å². The molecule has 1 amide bonds. The number of esters is 1. The maximum Gasteiger partial charge on any atom is 0.325 e. The average molecular weight is 325 g/mol. The number of carbonyl (C=O) groups excluding carboxylic acids is 3. The van der Waals surface area contributed by atoms with Gasteiger partial charge in [0.15, 0.2) is 5.78 Å². The number of Topliss-reactive ketones (excluding diaryl/α,β-unsaturated/α-hetero) is 1. The topological polar surface area (TPSA) is 72.5 Å². The van der Waals surface area contributed by atoms with Crippen LogP contribution < -0.4 is 5.32 Å². The van der Waals surface area contributed by atoms with Crippen LogP contribution in [0.2, 0.25) is 0 Å². The fraction of sp³-hybridized carbons (Fsp3) is 0.211. The number of benzene rings is 2. The van der Waals surface area contributed by atoms with Crippen molar-refractivity contribution < 1.29 is 19.1 Å². The smallest absolute Gasteiger partial charge is 0.325 e. The lowest BCUT2D eigenvalue weighted by Crippen LogP contribution is -2.37. The molecule has 0 radical (unpaired) electrons. The Labute approximate surface area is 140 Å². The standard InChI is InChI=1S/C19H19NO4/c1-2-24-16(21)13-20-19(23)17(14-9-5-3-6-10-14)18(22)15-11-7-4-8-12-15/h3-12,17H,2,13H2,1H3,(H,20,23). The summed E-state index contributed by atoms with van der Waals surface area (Å²) in [6, 6.07) is 17.4. The zero-order valence-electron chi connectivity index (χ0n) is 13.4. The van der Waals surface area contributed by atoms with Crippen LogP contribution in [0.1, 0.15) is 28.8 Å². The van der Waals surface area contributed by atoms with Gasteiger partial charge in [-0.3, -0.25) is 14.4 Å². The molecule has 0 aromatic heterocycles. The summed E-state index contributed by atoms with van der Waals surface area (Å²) in [4.78, 5) is 36.7. The Balaban J connectivity index is 2.22.